The summed E-state index contributed by atoms with van der Waals surface area (Å²) in [6.45, 7) is -0.625. The van der Waals surface area contributed by atoms with Crippen LogP contribution in [0.25, 0.3) is 0 Å². The van der Waals surface area contributed by atoms with Crippen molar-refractivity contribution in [1.29, 1.82) is 0 Å². The minimum atomic E-state index is -4.65. The number of benzene rings is 2. The monoisotopic (exact) mass is 456 g/mol. The zero-order valence-electron chi connectivity index (χ0n) is 16.8. The molecule has 9 nitrogen and oxygen atoms in total. The lowest BCUT2D eigenvalue weighted by molar-refractivity contribution is -0.385. The van der Waals surface area contributed by atoms with Gasteiger partial charge in [0.15, 0.2) is 6.61 Å². The minimum absolute atomic E-state index is 0.0234. The summed E-state index contributed by atoms with van der Waals surface area (Å²) < 4.78 is 53.9. The van der Waals surface area contributed by atoms with Crippen LogP contribution in [0, 0.1) is 10.1 Å². The molecule has 0 aliphatic carbocycles. The Balaban J connectivity index is 2.03. The molecule has 0 radical (unpaired) electrons. The van der Waals surface area contributed by atoms with Crippen LogP contribution in [0.2, 0.25) is 0 Å². The number of para-hydroxylation sites is 1. The van der Waals surface area contributed by atoms with E-state index in [9.17, 15) is 32.9 Å². The number of rotatable bonds is 10. The maximum atomic E-state index is 13.0. The number of nitrogens with one attached hydrogen (secondary N) is 1. The third-order valence-corrected chi connectivity index (χ3v) is 4.01. The number of carbonyl (C=O) groups excluding carboxylic acids is 2. The quantitative estimate of drug-likeness (QED) is 0.252. The number of amides is 1. The molecular weight excluding hydrogens is 437 g/mol. The van der Waals surface area contributed by atoms with E-state index < -0.39 is 41.6 Å². The van der Waals surface area contributed by atoms with Gasteiger partial charge in [-0.2, -0.15) is 13.2 Å². The molecule has 1 amide bonds. The van der Waals surface area contributed by atoms with Gasteiger partial charge in [0.2, 0.25) is 0 Å². The predicted octanol–water partition coefficient (Wildman–Crippen LogP) is 3.36. The van der Waals surface area contributed by atoms with Gasteiger partial charge in [-0.25, -0.2) is 0 Å². The van der Waals surface area contributed by atoms with Crippen LogP contribution in [0.15, 0.2) is 42.5 Å². The second kappa shape index (κ2) is 11.1. The lowest BCUT2D eigenvalue weighted by Gasteiger charge is -2.15. The van der Waals surface area contributed by atoms with E-state index in [4.69, 9.17) is 14.2 Å². The molecule has 0 fully saturated rings. The van der Waals surface area contributed by atoms with Gasteiger partial charge in [-0.1, -0.05) is 18.2 Å². The van der Waals surface area contributed by atoms with Crippen LogP contribution in [0.5, 0.6) is 5.75 Å². The van der Waals surface area contributed by atoms with Crippen LogP contribution in [-0.2, 0) is 31.7 Å². The fourth-order valence-electron chi connectivity index (χ4n) is 2.54. The molecule has 0 saturated heterocycles. The van der Waals surface area contributed by atoms with Gasteiger partial charge in [0, 0.05) is 18.7 Å². The first kappa shape index (κ1) is 24.6. The van der Waals surface area contributed by atoms with E-state index >= 15 is 0 Å². The summed E-state index contributed by atoms with van der Waals surface area (Å²) in [6, 6.07) is 8.05. The van der Waals surface area contributed by atoms with Crippen LogP contribution >= 0.6 is 0 Å². The molecule has 0 unspecified atom stereocenters. The number of ether oxygens (including phenoxy) is 3. The van der Waals surface area contributed by atoms with Crippen molar-refractivity contribution in [3.63, 3.8) is 0 Å². The van der Waals surface area contributed by atoms with E-state index in [0.29, 0.717) is 6.07 Å². The second-order valence-electron chi connectivity index (χ2n) is 6.32. The Morgan fingerprint density at radius 2 is 1.84 bits per heavy atom. The van der Waals surface area contributed by atoms with Gasteiger partial charge in [0.05, 0.1) is 29.2 Å². The van der Waals surface area contributed by atoms with E-state index in [0.717, 1.165) is 12.1 Å². The molecule has 1 N–H and O–H groups in total. The molecule has 172 valence electrons. The van der Waals surface area contributed by atoms with E-state index in [1.165, 1.54) is 31.4 Å². The smallest absolute Gasteiger partial charge is 0.416 e. The number of alkyl halides is 3. The summed E-state index contributed by atoms with van der Waals surface area (Å²) in [5.41, 5.74) is -1.47. The number of methoxy groups -OCH3 is 1. The van der Waals surface area contributed by atoms with Gasteiger partial charge in [-0.05, 0) is 18.2 Å². The maximum absolute atomic E-state index is 13.0. The van der Waals surface area contributed by atoms with Crippen LogP contribution in [0.4, 0.5) is 24.5 Å². The zero-order chi connectivity index (χ0) is 23.7. The van der Waals surface area contributed by atoms with Crippen molar-refractivity contribution in [1.82, 2.24) is 0 Å². The van der Waals surface area contributed by atoms with Crippen molar-refractivity contribution in [3.8, 4) is 5.75 Å². The molecule has 2 aromatic carbocycles. The molecular formula is C20H19F3N2O7. The largest absolute Gasteiger partial charge is 0.489 e. The van der Waals surface area contributed by atoms with Gasteiger partial charge < -0.3 is 19.5 Å². The standard InChI is InChI=1S/C20H19F3N2O7/c1-30-8-9-31-17-7-6-14(20(21,22)23)11-15(17)24-18(26)12-32-19(27)10-13-4-2-3-5-16(13)25(28)29/h2-7,11H,8-10,12H2,1H3,(H,24,26). The van der Waals surface area contributed by atoms with E-state index in [2.05, 4.69) is 5.32 Å². The Labute approximate surface area is 180 Å². The molecule has 12 heteroatoms. The number of carbonyl (C=O) groups is 2. The normalized spacial score (nSPS) is 11.0. The summed E-state index contributed by atoms with van der Waals surface area (Å²) in [7, 11) is 1.41. The molecule has 2 aromatic rings. The molecule has 0 heterocycles. The Hall–Kier alpha value is -3.67. The Kier molecular flexibility index (Phi) is 8.53. The number of esters is 1. The topological polar surface area (TPSA) is 117 Å². The Morgan fingerprint density at radius 1 is 1.12 bits per heavy atom. The molecule has 0 spiro atoms. The van der Waals surface area contributed by atoms with E-state index in [1.807, 2.05) is 0 Å². The summed E-state index contributed by atoms with van der Waals surface area (Å²) in [4.78, 5) is 34.4. The highest BCUT2D eigenvalue weighted by Gasteiger charge is 2.31. The fraction of sp³-hybridized carbons (Fsp3) is 0.300. The molecule has 0 aromatic heterocycles. The number of halogens is 3. The molecule has 0 bridgehead atoms. The van der Waals surface area contributed by atoms with Crippen LogP contribution < -0.4 is 10.1 Å². The number of anilines is 1. The third-order valence-electron chi connectivity index (χ3n) is 4.01. The average molecular weight is 456 g/mol. The summed E-state index contributed by atoms with van der Waals surface area (Å²) in [5.74, 6) is -1.87. The van der Waals surface area contributed by atoms with Crippen molar-refractivity contribution in [3.05, 3.63) is 63.7 Å². The van der Waals surface area contributed by atoms with Crippen molar-refractivity contribution in [2.75, 3.05) is 32.2 Å². The number of hydrogen-bond donors (Lipinski definition) is 1. The molecule has 0 atom stereocenters. The first-order chi connectivity index (χ1) is 15.1. The molecule has 0 aliphatic rings. The lowest BCUT2D eigenvalue weighted by Crippen LogP contribution is -2.22. The van der Waals surface area contributed by atoms with Crippen molar-refractivity contribution < 1.29 is 41.9 Å². The van der Waals surface area contributed by atoms with Crippen molar-refractivity contribution >= 4 is 23.3 Å². The first-order valence-corrected chi connectivity index (χ1v) is 9.12. The van der Waals surface area contributed by atoms with E-state index in [1.54, 1.807) is 0 Å². The number of nitrogens with zero attached hydrogens (tertiary/aromatic N) is 1. The highest BCUT2D eigenvalue weighted by atomic mass is 19.4. The zero-order valence-corrected chi connectivity index (χ0v) is 16.8. The maximum Gasteiger partial charge on any atom is 0.416 e. The van der Waals surface area contributed by atoms with Gasteiger partial charge in [-0.15, -0.1) is 0 Å². The molecule has 2 rings (SSSR count). The number of nitro groups is 1. The summed E-state index contributed by atoms with van der Waals surface area (Å²) >= 11 is 0. The van der Waals surface area contributed by atoms with Gasteiger partial charge in [0.1, 0.15) is 12.4 Å². The van der Waals surface area contributed by atoms with Gasteiger partial charge in [-0.3, -0.25) is 19.7 Å². The van der Waals surface area contributed by atoms with Gasteiger partial charge in [0.25, 0.3) is 11.6 Å². The average Bonchev–Trinajstić information content (AvgIpc) is 2.73. The van der Waals surface area contributed by atoms with Gasteiger partial charge >= 0.3 is 12.1 Å². The first-order valence-electron chi connectivity index (χ1n) is 9.12. The minimum Gasteiger partial charge on any atom is -0.489 e. The van der Waals surface area contributed by atoms with Crippen LogP contribution in [0.3, 0.4) is 0 Å². The Bertz CT molecular complexity index is 980. The Morgan fingerprint density at radius 3 is 2.50 bits per heavy atom. The third kappa shape index (κ3) is 7.23. The van der Waals surface area contributed by atoms with E-state index in [-0.39, 0.29) is 35.9 Å². The molecule has 32 heavy (non-hydrogen) atoms. The SMILES string of the molecule is COCCOc1ccc(C(F)(F)F)cc1NC(=O)COC(=O)Cc1ccccc1[N+](=O)[O-]. The number of hydrogen-bond acceptors (Lipinski definition) is 7. The highest BCUT2D eigenvalue weighted by Crippen LogP contribution is 2.35. The van der Waals surface area contributed by atoms with Crippen LogP contribution in [0.1, 0.15) is 11.1 Å². The second-order valence-corrected chi connectivity index (χ2v) is 6.32. The lowest BCUT2D eigenvalue weighted by atomic mass is 10.1. The molecule has 0 saturated carbocycles. The fourth-order valence-corrected chi connectivity index (χ4v) is 2.54. The van der Waals surface area contributed by atoms with Crippen molar-refractivity contribution in [2.24, 2.45) is 0 Å². The molecule has 0 aliphatic heterocycles. The predicted molar refractivity (Wildman–Crippen MR) is 105 cm³/mol. The number of nitro benzene ring substituents is 1. The highest BCUT2D eigenvalue weighted by molar-refractivity contribution is 5.94. The van der Waals surface area contributed by atoms with Crippen LogP contribution in [-0.4, -0.2) is 43.7 Å². The summed E-state index contributed by atoms with van der Waals surface area (Å²) in [5, 5.41) is 13.2. The van der Waals surface area contributed by atoms with Crippen molar-refractivity contribution in [2.45, 2.75) is 12.6 Å². The summed E-state index contributed by atoms with van der Waals surface area (Å²) in [6.07, 6.45) is -5.11.